The van der Waals surface area contributed by atoms with E-state index in [0.29, 0.717) is 11.1 Å². The van der Waals surface area contributed by atoms with Gasteiger partial charge in [-0.2, -0.15) is 10.5 Å². The average molecular weight is 246 g/mol. The lowest BCUT2D eigenvalue weighted by atomic mass is 10.0. The predicted molar refractivity (Wildman–Crippen MR) is 63.4 cm³/mol. The maximum Gasteiger partial charge on any atom is 0.175 e. The second-order valence-corrected chi connectivity index (χ2v) is 5.54. The number of hydrogen-bond acceptors (Lipinski definition) is 4. The molecule has 0 unspecified atom stereocenters. The smallest absolute Gasteiger partial charge is 0.175 e. The summed E-state index contributed by atoms with van der Waals surface area (Å²) in [6.45, 7) is 1.65. The Kier molecular flexibility index (Phi) is 3.67. The average Bonchev–Trinajstić information content (AvgIpc) is 2.29. The number of benzene rings is 1. The van der Waals surface area contributed by atoms with Crippen LogP contribution in [0.25, 0.3) is 5.57 Å². The summed E-state index contributed by atoms with van der Waals surface area (Å²) in [4.78, 5) is 0.213. The summed E-state index contributed by atoms with van der Waals surface area (Å²) in [6.07, 6.45) is 1.13. The van der Waals surface area contributed by atoms with Gasteiger partial charge in [0.05, 0.1) is 4.90 Å². The van der Waals surface area contributed by atoms with E-state index in [1.165, 1.54) is 12.1 Å². The zero-order valence-electron chi connectivity index (χ0n) is 9.43. The van der Waals surface area contributed by atoms with Gasteiger partial charge in [0.25, 0.3) is 0 Å². The molecule has 0 aliphatic rings. The third kappa shape index (κ3) is 2.93. The molecule has 0 fully saturated rings. The standard InChI is InChI=1S/C12H10N2O2S/c1-9(11(7-13)8-14)10-3-5-12(6-4-10)17(2,15)16/h3-6H,1-2H3. The van der Waals surface area contributed by atoms with Gasteiger partial charge in [-0.25, -0.2) is 8.42 Å². The van der Waals surface area contributed by atoms with Crippen molar-refractivity contribution >= 4 is 15.4 Å². The Hall–Kier alpha value is -2.11. The highest BCUT2D eigenvalue weighted by atomic mass is 32.2. The first-order chi connectivity index (χ1) is 7.90. The Balaban J connectivity index is 3.28. The summed E-state index contributed by atoms with van der Waals surface area (Å²) >= 11 is 0. The van der Waals surface area contributed by atoms with Crippen LogP contribution in [-0.2, 0) is 9.84 Å². The Morgan fingerprint density at radius 3 is 1.94 bits per heavy atom. The molecule has 0 saturated carbocycles. The minimum absolute atomic E-state index is 0.0251. The summed E-state index contributed by atoms with van der Waals surface area (Å²) in [5.74, 6) is 0. The fraction of sp³-hybridized carbons (Fsp3) is 0.167. The quantitative estimate of drug-likeness (QED) is 0.746. The van der Waals surface area contributed by atoms with Gasteiger partial charge in [0.1, 0.15) is 17.7 Å². The largest absolute Gasteiger partial charge is 0.224 e. The van der Waals surface area contributed by atoms with E-state index in [1.807, 2.05) is 0 Å². The van der Waals surface area contributed by atoms with E-state index >= 15 is 0 Å². The number of hydrogen-bond donors (Lipinski definition) is 0. The third-order valence-corrected chi connectivity index (χ3v) is 3.44. The van der Waals surface area contributed by atoms with Crippen molar-refractivity contribution in [3.05, 3.63) is 35.4 Å². The van der Waals surface area contributed by atoms with Crippen LogP contribution >= 0.6 is 0 Å². The number of nitriles is 2. The van der Waals surface area contributed by atoms with Gasteiger partial charge in [-0.3, -0.25) is 0 Å². The molecule has 5 heteroatoms. The zero-order chi connectivity index (χ0) is 13.1. The molecule has 17 heavy (non-hydrogen) atoms. The maximum absolute atomic E-state index is 11.2. The zero-order valence-corrected chi connectivity index (χ0v) is 10.2. The lowest BCUT2D eigenvalue weighted by Gasteiger charge is -2.03. The fourth-order valence-electron chi connectivity index (χ4n) is 1.29. The monoisotopic (exact) mass is 246 g/mol. The first-order valence-electron chi connectivity index (χ1n) is 4.71. The molecule has 0 aliphatic heterocycles. The topological polar surface area (TPSA) is 81.7 Å². The molecular weight excluding hydrogens is 236 g/mol. The number of allylic oxidation sites excluding steroid dienone is 2. The van der Waals surface area contributed by atoms with E-state index in [4.69, 9.17) is 10.5 Å². The van der Waals surface area contributed by atoms with Gasteiger partial charge >= 0.3 is 0 Å². The van der Waals surface area contributed by atoms with Crippen molar-refractivity contribution in [2.45, 2.75) is 11.8 Å². The Bertz CT molecular complexity index is 625. The Morgan fingerprint density at radius 2 is 1.59 bits per heavy atom. The van der Waals surface area contributed by atoms with Crippen molar-refractivity contribution in [1.29, 1.82) is 10.5 Å². The summed E-state index contributed by atoms with van der Waals surface area (Å²) in [7, 11) is -3.22. The molecule has 0 heterocycles. The summed E-state index contributed by atoms with van der Waals surface area (Å²) in [6, 6.07) is 9.68. The number of nitrogens with zero attached hydrogens (tertiary/aromatic N) is 2. The molecule has 0 amide bonds. The van der Waals surface area contributed by atoms with Gasteiger partial charge in [0.15, 0.2) is 9.84 Å². The van der Waals surface area contributed by atoms with Crippen LogP contribution in [0.4, 0.5) is 0 Å². The highest BCUT2D eigenvalue weighted by Crippen LogP contribution is 2.19. The van der Waals surface area contributed by atoms with Crippen molar-refractivity contribution in [2.75, 3.05) is 6.26 Å². The molecule has 1 aromatic rings. The molecule has 1 rings (SSSR count). The molecule has 0 N–H and O–H groups in total. The molecule has 0 bridgehead atoms. The minimum atomic E-state index is -3.22. The van der Waals surface area contributed by atoms with E-state index in [2.05, 4.69) is 0 Å². The van der Waals surface area contributed by atoms with Crippen molar-refractivity contribution in [1.82, 2.24) is 0 Å². The van der Waals surface area contributed by atoms with E-state index in [1.54, 1.807) is 31.2 Å². The Labute approximate surface area is 100 Å². The molecule has 0 atom stereocenters. The van der Waals surface area contributed by atoms with E-state index in [-0.39, 0.29) is 10.5 Å². The van der Waals surface area contributed by atoms with Gasteiger partial charge in [-0.1, -0.05) is 12.1 Å². The van der Waals surface area contributed by atoms with Crippen molar-refractivity contribution in [3.63, 3.8) is 0 Å². The van der Waals surface area contributed by atoms with Gasteiger partial charge < -0.3 is 0 Å². The second-order valence-electron chi connectivity index (χ2n) is 3.52. The van der Waals surface area contributed by atoms with Gasteiger partial charge in [0, 0.05) is 6.26 Å². The number of rotatable bonds is 2. The molecule has 4 nitrogen and oxygen atoms in total. The van der Waals surface area contributed by atoms with E-state index in [9.17, 15) is 8.42 Å². The first kappa shape index (κ1) is 13.0. The third-order valence-electron chi connectivity index (χ3n) is 2.31. The SMILES string of the molecule is CC(=C(C#N)C#N)c1ccc(S(C)(=O)=O)cc1. The van der Waals surface area contributed by atoms with Crippen molar-refractivity contribution < 1.29 is 8.42 Å². The molecule has 0 radical (unpaired) electrons. The molecule has 1 aromatic carbocycles. The highest BCUT2D eigenvalue weighted by molar-refractivity contribution is 7.90. The molecule has 0 aromatic heterocycles. The normalized spacial score (nSPS) is 10.1. The van der Waals surface area contributed by atoms with Crippen LogP contribution in [0.2, 0.25) is 0 Å². The second kappa shape index (κ2) is 4.82. The predicted octanol–water partition coefficient (Wildman–Crippen LogP) is 1.91. The lowest BCUT2D eigenvalue weighted by Crippen LogP contribution is -1.96. The van der Waals surface area contributed by atoms with Crippen molar-refractivity contribution in [2.24, 2.45) is 0 Å². The van der Waals surface area contributed by atoms with Crippen LogP contribution in [0.15, 0.2) is 34.7 Å². The summed E-state index contributed by atoms with van der Waals surface area (Å²) < 4.78 is 22.5. The van der Waals surface area contributed by atoms with Gasteiger partial charge in [0.2, 0.25) is 0 Å². The van der Waals surface area contributed by atoms with Crippen LogP contribution in [0.5, 0.6) is 0 Å². The fourth-order valence-corrected chi connectivity index (χ4v) is 1.92. The van der Waals surface area contributed by atoms with Gasteiger partial charge in [-0.15, -0.1) is 0 Å². The maximum atomic E-state index is 11.2. The molecule has 86 valence electrons. The van der Waals surface area contributed by atoms with E-state index < -0.39 is 9.84 Å². The van der Waals surface area contributed by atoms with Crippen LogP contribution in [0.3, 0.4) is 0 Å². The van der Waals surface area contributed by atoms with Crippen LogP contribution < -0.4 is 0 Å². The number of sulfone groups is 1. The lowest BCUT2D eigenvalue weighted by molar-refractivity contribution is 0.602. The van der Waals surface area contributed by atoms with Crippen LogP contribution in [-0.4, -0.2) is 14.7 Å². The minimum Gasteiger partial charge on any atom is -0.224 e. The van der Waals surface area contributed by atoms with Crippen LogP contribution in [0, 0.1) is 22.7 Å². The highest BCUT2D eigenvalue weighted by Gasteiger charge is 2.08. The molecule has 0 aliphatic carbocycles. The van der Waals surface area contributed by atoms with Gasteiger partial charge in [-0.05, 0) is 30.2 Å². The molecule has 0 spiro atoms. The van der Waals surface area contributed by atoms with E-state index in [0.717, 1.165) is 6.26 Å². The first-order valence-corrected chi connectivity index (χ1v) is 6.61. The molecular formula is C12H10N2O2S. The summed E-state index contributed by atoms with van der Waals surface area (Å²) in [5, 5.41) is 17.4. The van der Waals surface area contributed by atoms with Crippen LogP contribution in [0.1, 0.15) is 12.5 Å². The Morgan fingerprint density at radius 1 is 1.12 bits per heavy atom. The molecule has 0 saturated heterocycles. The van der Waals surface area contributed by atoms with Crippen molar-refractivity contribution in [3.8, 4) is 12.1 Å². The summed E-state index contributed by atoms with van der Waals surface area (Å²) in [5.41, 5.74) is 1.22.